The molecule has 5 heteroatoms. The molecule has 2 aromatic heterocycles. The molecule has 0 bridgehead atoms. The van der Waals surface area contributed by atoms with Crippen molar-refractivity contribution in [3.63, 3.8) is 0 Å². The summed E-state index contributed by atoms with van der Waals surface area (Å²) in [5.74, 6) is 1.19. The van der Waals surface area contributed by atoms with Gasteiger partial charge in [0.25, 0.3) is 0 Å². The number of ketones is 1. The van der Waals surface area contributed by atoms with Gasteiger partial charge >= 0.3 is 0 Å². The van der Waals surface area contributed by atoms with Gasteiger partial charge in [-0.2, -0.15) is 0 Å². The van der Waals surface area contributed by atoms with Gasteiger partial charge in [0.15, 0.2) is 0 Å². The molecule has 2 rings (SSSR count). The number of aromatic amines is 1. The molecule has 5 nitrogen and oxygen atoms in total. The zero-order valence-corrected chi connectivity index (χ0v) is 13.6. The highest BCUT2D eigenvalue weighted by atomic mass is 16.5. The highest BCUT2D eigenvalue weighted by Gasteiger charge is 2.15. The minimum atomic E-state index is 0.0616. The molecule has 22 heavy (non-hydrogen) atoms. The number of rotatable bonds is 7. The highest BCUT2D eigenvalue weighted by molar-refractivity contribution is 5.91. The van der Waals surface area contributed by atoms with E-state index >= 15 is 0 Å². The lowest BCUT2D eigenvalue weighted by Gasteiger charge is -2.17. The second-order valence-electron chi connectivity index (χ2n) is 5.71. The molecule has 0 fully saturated rings. The third kappa shape index (κ3) is 3.72. The van der Waals surface area contributed by atoms with Crippen LogP contribution in [0.15, 0.2) is 18.6 Å². The molecule has 118 valence electrons. The molecule has 2 aromatic rings. The fourth-order valence-corrected chi connectivity index (χ4v) is 1.95. The third-order valence-electron chi connectivity index (χ3n) is 3.74. The lowest BCUT2D eigenvalue weighted by atomic mass is 10.1. The highest BCUT2D eigenvalue weighted by Crippen LogP contribution is 2.27. The lowest BCUT2D eigenvalue weighted by molar-refractivity contribution is -0.117. The molecule has 2 heterocycles. The Labute approximate surface area is 130 Å². The Hall–Kier alpha value is -2.17. The third-order valence-corrected chi connectivity index (χ3v) is 3.74. The van der Waals surface area contributed by atoms with Crippen molar-refractivity contribution >= 4 is 22.9 Å². The molecule has 1 N–H and O–H groups in total. The Balaban J connectivity index is 2.30. The zero-order valence-electron chi connectivity index (χ0n) is 13.6. The fourth-order valence-electron chi connectivity index (χ4n) is 1.95. The normalized spacial score (nSPS) is 13.1. The molecule has 0 amide bonds. The van der Waals surface area contributed by atoms with Crippen LogP contribution in [0.1, 0.15) is 46.1 Å². The van der Waals surface area contributed by atoms with Crippen molar-refractivity contribution in [2.24, 2.45) is 5.92 Å². The monoisotopic (exact) mass is 301 g/mol. The summed E-state index contributed by atoms with van der Waals surface area (Å²) in [7, 11) is 0. The van der Waals surface area contributed by atoms with Crippen LogP contribution in [-0.4, -0.2) is 26.8 Å². The molecule has 0 saturated carbocycles. The van der Waals surface area contributed by atoms with Crippen LogP contribution in [0.5, 0.6) is 5.88 Å². The molecule has 1 atom stereocenters. The largest absolute Gasteiger partial charge is 0.474 e. The molecule has 0 aliphatic heterocycles. The van der Waals surface area contributed by atoms with Crippen LogP contribution < -0.4 is 4.74 Å². The molecular formula is C17H23N3O2. The number of ether oxygens (including phenoxy) is 1. The first-order valence-corrected chi connectivity index (χ1v) is 7.69. The summed E-state index contributed by atoms with van der Waals surface area (Å²) in [5.41, 5.74) is 1.67. The minimum Gasteiger partial charge on any atom is -0.474 e. The summed E-state index contributed by atoms with van der Waals surface area (Å²) in [5, 5.41) is 0.857. The number of allylic oxidation sites excluding steroid dienone is 1. The van der Waals surface area contributed by atoms with Crippen LogP contribution in [0.2, 0.25) is 0 Å². The standard InChI is InChI=1S/C17H23N3O2/c1-5-14(21)8-6-7-13-9-18-16-15(13)17(20-10-19-16)22-12(4)11(2)3/h6-7,9-12H,5,8H2,1-4H3,(H,18,19,20)/b7-6+. The van der Waals surface area contributed by atoms with Crippen LogP contribution in [0.25, 0.3) is 17.1 Å². The summed E-state index contributed by atoms with van der Waals surface area (Å²) >= 11 is 0. The first-order valence-electron chi connectivity index (χ1n) is 7.69. The summed E-state index contributed by atoms with van der Waals surface area (Å²) in [6, 6.07) is 0. The summed E-state index contributed by atoms with van der Waals surface area (Å²) in [6.45, 7) is 8.12. The molecule has 0 aliphatic carbocycles. The number of hydrogen-bond donors (Lipinski definition) is 1. The number of carbonyl (C=O) groups excluding carboxylic acids is 1. The molecule has 0 aromatic carbocycles. The average molecular weight is 301 g/mol. The maximum absolute atomic E-state index is 11.4. The minimum absolute atomic E-state index is 0.0616. The van der Waals surface area contributed by atoms with Gasteiger partial charge in [-0.05, 0) is 12.8 Å². The topological polar surface area (TPSA) is 67.9 Å². The van der Waals surface area contributed by atoms with Crippen LogP contribution in [0, 0.1) is 5.92 Å². The fraction of sp³-hybridized carbons (Fsp3) is 0.471. The van der Waals surface area contributed by atoms with E-state index in [1.54, 1.807) is 0 Å². The van der Waals surface area contributed by atoms with Crippen molar-refractivity contribution in [2.45, 2.75) is 46.6 Å². The van der Waals surface area contributed by atoms with E-state index in [9.17, 15) is 4.79 Å². The summed E-state index contributed by atoms with van der Waals surface area (Å²) in [4.78, 5) is 23.0. The molecule has 0 aliphatic rings. The molecule has 0 saturated heterocycles. The van der Waals surface area contributed by atoms with Gasteiger partial charge in [0.2, 0.25) is 5.88 Å². The number of hydrogen-bond acceptors (Lipinski definition) is 4. The van der Waals surface area contributed by atoms with Gasteiger partial charge in [0.1, 0.15) is 17.8 Å². The van der Waals surface area contributed by atoms with Gasteiger partial charge in [-0.15, -0.1) is 0 Å². The van der Waals surface area contributed by atoms with Gasteiger partial charge in [-0.3, -0.25) is 4.79 Å². The maximum atomic E-state index is 11.4. The van der Waals surface area contributed by atoms with Crippen LogP contribution in [-0.2, 0) is 4.79 Å². The average Bonchev–Trinajstić information content (AvgIpc) is 2.91. The van der Waals surface area contributed by atoms with E-state index in [2.05, 4.69) is 28.8 Å². The van der Waals surface area contributed by atoms with Crippen molar-refractivity contribution in [1.82, 2.24) is 15.0 Å². The Morgan fingerprint density at radius 2 is 2.14 bits per heavy atom. The van der Waals surface area contributed by atoms with Gasteiger partial charge < -0.3 is 9.72 Å². The second kappa shape index (κ2) is 7.20. The molecule has 0 radical (unpaired) electrons. The van der Waals surface area contributed by atoms with E-state index in [-0.39, 0.29) is 11.9 Å². The predicted octanol–water partition coefficient (Wildman–Crippen LogP) is 3.76. The van der Waals surface area contributed by atoms with Crippen molar-refractivity contribution in [1.29, 1.82) is 0 Å². The van der Waals surface area contributed by atoms with E-state index in [1.165, 1.54) is 6.33 Å². The molecule has 1 unspecified atom stereocenters. The number of fused-ring (bicyclic) bond motifs is 1. The number of H-pyrrole nitrogens is 1. The second-order valence-corrected chi connectivity index (χ2v) is 5.71. The quantitative estimate of drug-likeness (QED) is 0.845. The van der Waals surface area contributed by atoms with Crippen LogP contribution in [0.4, 0.5) is 0 Å². The number of aromatic nitrogens is 3. The molecule has 0 spiro atoms. The number of carbonyl (C=O) groups is 1. The summed E-state index contributed by atoms with van der Waals surface area (Å²) < 4.78 is 5.96. The lowest BCUT2D eigenvalue weighted by Crippen LogP contribution is -2.19. The van der Waals surface area contributed by atoms with Gasteiger partial charge in [0, 0.05) is 24.6 Å². The van der Waals surface area contributed by atoms with Crippen molar-refractivity contribution in [3.8, 4) is 5.88 Å². The Morgan fingerprint density at radius 3 is 2.82 bits per heavy atom. The van der Waals surface area contributed by atoms with Gasteiger partial charge in [-0.25, -0.2) is 9.97 Å². The number of Topliss-reactive ketones (excluding diaryl/α,β-unsaturated/α-hetero) is 1. The van der Waals surface area contributed by atoms with E-state index in [0.717, 1.165) is 16.6 Å². The van der Waals surface area contributed by atoms with Crippen molar-refractivity contribution in [2.75, 3.05) is 0 Å². The van der Waals surface area contributed by atoms with E-state index in [4.69, 9.17) is 4.74 Å². The maximum Gasteiger partial charge on any atom is 0.226 e. The molecular weight excluding hydrogens is 278 g/mol. The van der Waals surface area contributed by atoms with E-state index in [0.29, 0.717) is 24.6 Å². The Bertz CT molecular complexity index is 674. The van der Waals surface area contributed by atoms with Crippen molar-refractivity contribution < 1.29 is 9.53 Å². The smallest absolute Gasteiger partial charge is 0.226 e. The van der Waals surface area contributed by atoms with Gasteiger partial charge in [-0.1, -0.05) is 32.9 Å². The Morgan fingerprint density at radius 1 is 1.36 bits per heavy atom. The van der Waals surface area contributed by atoms with Crippen molar-refractivity contribution in [3.05, 3.63) is 24.2 Å². The van der Waals surface area contributed by atoms with Gasteiger partial charge in [0.05, 0.1) is 11.5 Å². The van der Waals surface area contributed by atoms with E-state index in [1.807, 2.05) is 32.2 Å². The first kappa shape index (κ1) is 16.2. The Kier molecular flexibility index (Phi) is 5.31. The van der Waals surface area contributed by atoms with Crippen LogP contribution in [0.3, 0.4) is 0 Å². The number of nitrogens with zero attached hydrogens (tertiary/aromatic N) is 2. The predicted molar refractivity (Wildman–Crippen MR) is 87.8 cm³/mol. The number of nitrogens with one attached hydrogen (secondary N) is 1. The van der Waals surface area contributed by atoms with E-state index < -0.39 is 0 Å². The summed E-state index contributed by atoms with van der Waals surface area (Å²) in [6.07, 6.45) is 8.21. The first-order chi connectivity index (χ1) is 10.5. The SMILES string of the molecule is CCC(=O)C/C=C/c1c[nH]c2ncnc(OC(C)C(C)C)c12. The zero-order chi connectivity index (χ0) is 16.1. The van der Waals surface area contributed by atoms with Crippen LogP contribution >= 0.6 is 0 Å².